The third-order valence-corrected chi connectivity index (χ3v) is 3.71. The minimum absolute atomic E-state index is 0.0391. The van der Waals surface area contributed by atoms with Gasteiger partial charge in [0.2, 0.25) is 0 Å². The second kappa shape index (κ2) is 9.00. The fourth-order valence-electron chi connectivity index (χ4n) is 2.16. The molecule has 0 aliphatic heterocycles. The van der Waals surface area contributed by atoms with Gasteiger partial charge in [-0.05, 0) is 24.1 Å². The molecule has 0 saturated heterocycles. The molecule has 0 spiro atoms. The lowest BCUT2D eigenvalue weighted by atomic mass is 9.84. The second-order valence-corrected chi connectivity index (χ2v) is 6.06. The van der Waals surface area contributed by atoms with Crippen LogP contribution in [0.5, 0.6) is 11.5 Å². The monoisotopic (exact) mass is 338 g/mol. The lowest BCUT2D eigenvalue weighted by molar-refractivity contribution is -0.137. The van der Waals surface area contributed by atoms with Gasteiger partial charge in [0, 0.05) is 24.9 Å². The van der Waals surface area contributed by atoms with Gasteiger partial charge < -0.3 is 25.2 Å². The molecular weight excluding hydrogens is 312 g/mol. The number of aliphatic carboxylic acids is 1. The summed E-state index contributed by atoms with van der Waals surface area (Å²) in [5, 5.41) is 14.0. The average Bonchev–Trinajstić information content (AvgIpc) is 2.56. The summed E-state index contributed by atoms with van der Waals surface area (Å²) in [4.78, 5) is 22.2. The van der Waals surface area contributed by atoms with Crippen molar-refractivity contribution < 1.29 is 24.2 Å². The number of methoxy groups -OCH3 is 2. The van der Waals surface area contributed by atoms with Crippen LogP contribution in [0.15, 0.2) is 18.2 Å². The van der Waals surface area contributed by atoms with E-state index in [9.17, 15) is 9.59 Å². The molecule has 0 aliphatic carbocycles. The van der Waals surface area contributed by atoms with Gasteiger partial charge in [0.1, 0.15) is 0 Å². The largest absolute Gasteiger partial charge is 0.493 e. The number of carboxylic acid groups (broad SMARTS) is 1. The Balaban J connectivity index is 2.56. The standard InChI is InChI=1S/C17H26N2O5/c1-17(2,11-19-16(22)18-9-5-6-15(20)21)12-7-8-13(23-3)14(10-12)24-4/h7-8,10H,5-6,9,11H2,1-4H3,(H,20,21)(H2,18,19,22). The van der Waals surface area contributed by atoms with E-state index >= 15 is 0 Å². The maximum absolute atomic E-state index is 11.8. The van der Waals surface area contributed by atoms with E-state index < -0.39 is 5.97 Å². The van der Waals surface area contributed by atoms with Gasteiger partial charge in [-0.25, -0.2) is 4.79 Å². The molecule has 0 unspecified atom stereocenters. The number of ether oxygens (including phenoxy) is 2. The van der Waals surface area contributed by atoms with Crippen molar-refractivity contribution in [3.05, 3.63) is 23.8 Å². The van der Waals surface area contributed by atoms with Crippen LogP contribution in [0.25, 0.3) is 0 Å². The Labute approximate surface area is 142 Å². The molecule has 0 radical (unpaired) electrons. The first-order valence-corrected chi connectivity index (χ1v) is 7.76. The van der Waals surface area contributed by atoms with Crippen molar-refractivity contribution in [1.82, 2.24) is 10.6 Å². The van der Waals surface area contributed by atoms with Crippen LogP contribution < -0.4 is 20.1 Å². The molecule has 24 heavy (non-hydrogen) atoms. The molecule has 0 atom stereocenters. The number of carboxylic acids is 1. The van der Waals surface area contributed by atoms with Crippen molar-refractivity contribution in [2.45, 2.75) is 32.1 Å². The van der Waals surface area contributed by atoms with Crippen LogP contribution in [-0.2, 0) is 10.2 Å². The van der Waals surface area contributed by atoms with Gasteiger partial charge in [-0.3, -0.25) is 4.79 Å². The van der Waals surface area contributed by atoms with E-state index in [1.165, 1.54) is 0 Å². The van der Waals surface area contributed by atoms with Crippen LogP contribution in [0.2, 0.25) is 0 Å². The summed E-state index contributed by atoms with van der Waals surface area (Å²) in [7, 11) is 3.16. The van der Waals surface area contributed by atoms with Gasteiger partial charge in [-0.15, -0.1) is 0 Å². The molecule has 2 amide bonds. The highest BCUT2D eigenvalue weighted by molar-refractivity contribution is 5.74. The molecule has 0 bridgehead atoms. The zero-order valence-electron chi connectivity index (χ0n) is 14.6. The minimum Gasteiger partial charge on any atom is -0.493 e. The van der Waals surface area contributed by atoms with Gasteiger partial charge in [-0.2, -0.15) is 0 Å². The van der Waals surface area contributed by atoms with E-state index in [-0.39, 0.29) is 17.9 Å². The maximum Gasteiger partial charge on any atom is 0.314 e. The molecule has 0 fully saturated rings. The molecule has 0 heterocycles. The maximum atomic E-state index is 11.8. The topological polar surface area (TPSA) is 96.9 Å². The molecule has 0 saturated carbocycles. The summed E-state index contributed by atoms with van der Waals surface area (Å²) in [5.41, 5.74) is 0.698. The van der Waals surface area contributed by atoms with Crippen molar-refractivity contribution >= 4 is 12.0 Å². The molecule has 1 aromatic rings. The Kier molecular flexibility index (Phi) is 7.35. The summed E-state index contributed by atoms with van der Waals surface area (Å²) in [5.74, 6) is 0.425. The number of benzene rings is 1. The van der Waals surface area contributed by atoms with E-state index in [0.717, 1.165) is 5.56 Å². The third kappa shape index (κ3) is 5.98. The predicted molar refractivity (Wildman–Crippen MR) is 90.8 cm³/mol. The van der Waals surface area contributed by atoms with Crippen molar-refractivity contribution in [3.8, 4) is 11.5 Å². The van der Waals surface area contributed by atoms with E-state index in [1.807, 2.05) is 32.0 Å². The Morgan fingerprint density at radius 3 is 2.38 bits per heavy atom. The van der Waals surface area contributed by atoms with E-state index in [0.29, 0.717) is 31.0 Å². The summed E-state index contributed by atoms with van der Waals surface area (Å²) >= 11 is 0. The number of carbonyl (C=O) groups is 2. The molecule has 1 rings (SSSR count). The van der Waals surface area contributed by atoms with Crippen molar-refractivity contribution in [2.75, 3.05) is 27.3 Å². The van der Waals surface area contributed by atoms with Crippen LogP contribution in [0, 0.1) is 0 Å². The van der Waals surface area contributed by atoms with Crippen LogP contribution in [0.1, 0.15) is 32.3 Å². The van der Waals surface area contributed by atoms with Crippen LogP contribution in [-0.4, -0.2) is 44.4 Å². The Morgan fingerprint density at radius 1 is 1.12 bits per heavy atom. The number of amides is 2. The third-order valence-electron chi connectivity index (χ3n) is 3.71. The molecule has 7 heteroatoms. The molecule has 1 aromatic carbocycles. The fourth-order valence-corrected chi connectivity index (χ4v) is 2.16. The Bertz CT molecular complexity index is 572. The van der Waals surface area contributed by atoms with Crippen molar-refractivity contribution in [2.24, 2.45) is 0 Å². The van der Waals surface area contributed by atoms with Gasteiger partial charge in [0.25, 0.3) is 0 Å². The van der Waals surface area contributed by atoms with E-state index in [1.54, 1.807) is 14.2 Å². The molecule has 7 nitrogen and oxygen atoms in total. The summed E-state index contributed by atoms with van der Waals surface area (Å²) in [6.07, 6.45) is 0.444. The lowest BCUT2D eigenvalue weighted by Crippen LogP contribution is -2.42. The number of carbonyl (C=O) groups excluding carboxylic acids is 1. The number of nitrogens with one attached hydrogen (secondary N) is 2. The quantitative estimate of drug-likeness (QED) is 0.600. The number of rotatable bonds is 9. The Hall–Kier alpha value is -2.44. The first-order valence-electron chi connectivity index (χ1n) is 7.76. The number of hydrogen-bond acceptors (Lipinski definition) is 4. The Morgan fingerprint density at radius 2 is 1.79 bits per heavy atom. The first-order chi connectivity index (χ1) is 11.3. The van der Waals surface area contributed by atoms with Crippen LogP contribution >= 0.6 is 0 Å². The van der Waals surface area contributed by atoms with Crippen LogP contribution in [0.4, 0.5) is 4.79 Å². The molecule has 134 valence electrons. The van der Waals surface area contributed by atoms with Crippen molar-refractivity contribution in [3.63, 3.8) is 0 Å². The molecule has 0 aliphatic rings. The fraction of sp³-hybridized carbons (Fsp3) is 0.529. The van der Waals surface area contributed by atoms with Gasteiger partial charge in [-0.1, -0.05) is 19.9 Å². The zero-order valence-corrected chi connectivity index (χ0v) is 14.6. The van der Waals surface area contributed by atoms with Gasteiger partial charge in [0.15, 0.2) is 11.5 Å². The average molecular weight is 338 g/mol. The molecular formula is C17H26N2O5. The van der Waals surface area contributed by atoms with Gasteiger partial charge in [0.05, 0.1) is 14.2 Å². The number of urea groups is 1. The van der Waals surface area contributed by atoms with Gasteiger partial charge >= 0.3 is 12.0 Å². The smallest absolute Gasteiger partial charge is 0.314 e. The molecule has 3 N–H and O–H groups in total. The zero-order chi connectivity index (χ0) is 18.2. The summed E-state index contributed by atoms with van der Waals surface area (Å²) in [6.45, 7) is 4.78. The highest BCUT2D eigenvalue weighted by Gasteiger charge is 2.23. The SMILES string of the molecule is COc1ccc(C(C)(C)CNC(=O)NCCCC(=O)O)cc1OC. The molecule has 0 aromatic heterocycles. The summed E-state index contributed by atoms with van der Waals surface area (Å²) < 4.78 is 10.5. The minimum atomic E-state index is -0.869. The van der Waals surface area contributed by atoms with E-state index in [2.05, 4.69) is 10.6 Å². The van der Waals surface area contributed by atoms with Crippen LogP contribution in [0.3, 0.4) is 0 Å². The highest BCUT2D eigenvalue weighted by Crippen LogP contribution is 2.32. The highest BCUT2D eigenvalue weighted by atomic mass is 16.5. The summed E-state index contributed by atoms with van der Waals surface area (Å²) in [6, 6.07) is 5.36. The van der Waals surface area contributed by atoms with Crippen molar-refractivity contribution in [1.29, 1.82) is 0 Å². The number of hydrogen-bond donors (Lipinski definition) is 3. The van der Waals surface area contributed by atoms with E-state index in [4.69, 9.17) is 14.6 Å². The predicted octanol–water partition coefficient (Wildman–Crippen LogP) is 2.15. The first kappa shape index (κ1) is 19.6. The lowest BCUT2D eigenvalue weighted by Gasteiger charge is -2.26. The normalized spacial score (nSPS) is 10.8. The second-order valence-electron chi connectivity index (χ2n) is 6.06.